The molecular formula is C18H22N2. The lowest BCUT2D eigenvalue weighted by molar-refractivity contribution is 0.538. The van der Waals surface area contributed by atoms with E-state index >= 15 is 0 Å². The molecule has 0 saturated carbocycles. The minimum absolute atomic E-state index is 0.545. The van der Waals surface area contributed by atoms with Crippen molar-refractivity contribution in [2.45, 2.75) is 45.4 Å². The Hall–Kier alpha value is -2.01. The van der Waals surface area contributed by atoms with Gasteiger partial charge in [-0.05, 0) is 25.0 Å². The second-order valence-corrected chi connectivity index (χ2v) is 5.17. The van der Waals surface area contributed by atoms with Gasteiger partial charge in [0.25, 0.3) is 0 Å². The number of rotatable bonds is 6. The summed E-state index contributed by atoms with van der Waals surface area (Å²) in [6, 6.07) is 7.98. The lowest BCUT2D eigenvalue weighted by Crippen LogP contribution is -2.00. The van der Waals surface area contributed by atoms with E-state index in [0.29, 0.717) is 5.92 Å². The fraction of sp³-hybridized carbons (Fsp3) is 0.389. The number of nitrogens with zero attached hydrogens (tertiary/aromatic N) is 1. The summed E-state index contributed by atoms with van der Waals surface area (Å²) in [6.45, 7) is 4.45. The fourth-order valence-corrected chi connectivity index (χ4v) is 2.55. The molecule has 1 aromatic carbocycles. The molecule has 2 nitrogen and oxygen atoms in total. The molecule has 0 aliphatic rings. The Balaban J connectivity index is 2.20. The molecule has 0 aliphatic carbocycles. The smallest absolute Gasteiger partial charge is 0.109 e. The Kier molecular flexibility index (Phi) is 5.01. The largest absolute Gasteiger partial charge is 0.348 e. The van der Waals surface area contributed by atoms with E-state index in [0.717, 1.165) is 22.6 Å². The highest BCUT2D eigenvalue weighted by Crippen LogP contribution is 2.26. The summed E-state index contributed by atoms with van der Waals surface area (Å²) < 4.78 is 0. The van der Waals surface area contributed by atoms with Gasteiger partial charge in [0.2, 0.25) is 0 Å². The van der Waals surface area contributed by atoms with E-state index in [9.17, 15) is 0 Å². The number of nitrogens with one attached hydrogen (secondary N) is 1. The molecule has 1 N–H and O–H groups in total. The molecular weight excluding hydrogens is 244 g/mol. The Morgan fingerprint density at radius 3 is 2.35 bits per heavy atom. The van der Waals surface area contributed by atoms with Crippen LogP contribution in [-0.2, 0) is 0 Å². The average Bonchev–Trinajstić information content (AvgIpc) is 2.97. The van der Waals surface area contributed by atoms with Crippen molar-refractivity contribution in [2.75, 3.05) is 0 Å². The average molecular weight is 266 g/mol. The van der Waals surface area contributed by atoms with Crippen LogP contribution in [0.5, 0.6) is 0 Å². The van der Waals surface area contributed by atoms with Crippen molar-refractivity contribution in [3.05, 3.63) is 41.9 Å². The number of hydrogen-bond acceptors (Lipinski definition) is 1. The maximum Gasteiger partial charge on any atom is 0.109 e. The third kappa shape index (κ3) is 3.30. The third-order valence-electron chi connectivity index (χ3n) is 3.61. The Labute approximate surface area is 121 Å². The van der Waals surface area contributed by atoms with E-state index < -0.39 is 0 Å². The van der Waals surface area contributed by atoms with Crippen molar-refractivity contribution < 1.29 is 0 Å². The second-order valence-electron chi connectivity index (χ2n) is 5.17. The first kappa shape index (κ1) is 14.4. The van der Waals surface area contributed by atoms with Gasteiger partial charge in [0, 0.05) is 23.2 Å². The van der Waals surface area contributed by atoms with Gasteiger partial charge in [0.05, 0.1) is 5.69 Å². The molecule has 0 fully saturated rings. The summed E-state index contributed by atoms with van der Waals surface area (Å²) in [5.74, 6) is 4.29. The maximum atomic E-state index is 5.38. The Morgan fingerprint density at radius 1 is 1.15 bits per heavy atom. The number of hydrogen-bond donors (Lipinski definition) is 1. The molecule has 1 heterocycles. The summed E-state index contributed by atoms with van der Waals surface area (Å²) in [4.78, 5) is 8.12. The summed E-state index contributed by atoms with van der Waals surface area (Å²) in [5.41, 5.74) is 3.01. The molecule has 0 aliphatic heterocycles. The number of aromatic amines is 1. The van der Waals surface area contributed by atoms with Crippen LogP contribution in [0.3, 0.4) is 0 Å². The monoisotopic (exact) mass is 266 g/mol. The molecule has 0 atom stereocenters. The van der Waals surface area contributed by atoms with Crippen LogP contribution in [0, 0.1) is 12.3 Å². The van der Waals surface area contributed by atoms with Gasteiger partial charge in [-0.1, -0.05) is 44.7 Å². The van der Waals surface area contributed by atoms with Crippen molar-refractivity contribution in [1.82, 2.24) is 9.97 Å². The first-order chi connectivity index (χ1) is 9.78. The van der Waals surface area contributed by atoms with Crippen molar-refractivity contribution in [3.8, 4) is 23.6 Å². The molecule has 1 aromatic heterocycles. The number of aromatic nitrogens is 2. The summed E-state index contributed by atoms with van der Waals surface area (Å²) in [6.07, 6.45) is 12.1. The van der Waals surface area contributed by atoms with Crippen molar-refractivity contribution in [3.63, 3.8) is 0 Å². The molecule has 0 unspecified atom stereocenters. The van der Waals surface area contributed by atoms with Crippen LogP contribution < -0.4 is 0 Å². The lowest BCUT2D eigenvalue weighted by atomic mass is 9.98. The normalized spacial score (nSPS) is 10.7. The lowest BCUT2D eigenvalue weighted by Gasteiger charge is -2.11. The van der Waals surface area contributed by atoms with Crippen LogP contribution in [0.4, 0.5) is 0 Å². The highest BCUT2D eigenvalue weighted by Gasteiger charge is 2.14. The van der Waals surface area contributed by atoms with E-state index in [-0.39, 0.29) is 0 Å². The molecule has 20 heavy (non-hydrogen) atoms. The zero-order valence-corrected chi connectivity index (χ0v) is 12.3. The first-order valence-electron chi connectivity index (χ1n) is 7.40. The van der Waals surface area contributed by atoms with Crippen LogP contribution in [0.25, 0.3) is 11.3 Å². The number of terminal acetylenes is 1. The number of imidazole rings is 1. The van der Waals surface area contributed by atoms with Gasteiger partial charge in [0.15, 0.2) is 0 Å². The standard InChI is InChI=1S/C18H22N2/c1-4-7-16(8-5-2)18-19-13-17(20-18)15-11-9-14(6-3)10-12-15/h3,9-13,16H,4-5,7-8H2,1-2H3,(H,19,20). The predicted octanol–water partition coefficient (Wildman–Crippen LogP) is 4.74. The van der Waals surface area contributed by atoms with E-state index in [1.165, 1.54) is 25.7 Å². The van der Waals surface area contributed by atoms with Crippen LogP contribution in [0.2, 0.25) is 0 Å². The minimum atomic E-state index is 0.545. The highest BCUT2D eigenvalue weighted by atomic mass is 14.9. The van der Waals surface area contributed by atoms with Gasteiger partial charge >= 0.3 is 0 Å². The SMILES string of the molecule is C#Cc1ccc(-c2c[nH]c(C(CCC)CCC)n2)cc1. The van der Waals surface area contributed by atoms with Crippen LogP contribution >= 0.6 is 0 Å². The Bertz CT molecular complexity index is 566. The molecule has 2 rings (SSSR count). The van der Waals surface area contributed by atoms with Crippen molar-refractivity contribution in [2.24, 2.45) is 0 Å². The van der Waals surface area contributed by atoms with E-state index in [4.69, 9.17) is 11.4 Å². The maximum absolute atomic E-state index is 5.38. The Morgan fingerprint density at radius 2 is 1.80 bits per heavy atom. The van der Waals surface area contributed by atoms with Crippen LogP contribution in [-0.4, -0.2) is 9.97 Å². The van der Waals surface area contributed by atoms with Gasteiger partial charge in [-0.2, -0.15) is 0 Å². The minimum Gasteiger partial charge on any atom is -0.348 e. The first-order valence-corrected chi connectivity index (χ1v) is 7.40. The third-order valence-corrected chi connectivity index (χ3v) is 3.61. The van der Waals surface area contributed by atoms with Gasteiger partial charge in [0.1, 0.15) is 5.82 Å². The number of benzene rings is 1. The van der Waals surface area contributed by atoms with Gasteiger partial charge in [-0.3, -0.25) is 0 Å². The zero-order chi connectivity index (χ0) is 14.4. The zero-order valence-electron chi connectivity index (χ0n) is 12.3. The molecule has 2 aromatic rings. The van der Waals surface area contributed by atoms with E-state index in [2.05, 4.69) is 24.8 Å². The van der Waals surface area contributed by atoms with Crippen molar-refractivity contribution in [1.29, 1.82) is 0 Å². The molecule has 0 radical (unpaired) electrons. The van der Waals surface area contributed by atoms with E-state index in [1.807, 2.05) is 30.5 Å². The van der Waals surface area contributed by atoms with Crippen LogP contribution in [0.15, 0.2) is 30.5 Å². The molecule has 104 valence electrons. The highest BCUT2D eigenvalue weighted by molar-refractivity contribution is 5.59. The predicted molar refractivity (Wildman–Crippen MR) is 84.5 cm³/mol. The summed E-state index contributed by atoms with van der Waals surface area (Å²) in [5, 5.41) is 0. The summed E-state index contributed by atoms with van der Waals surface area (Å²) in [7, 11) is 0. The quantitative estimate of drug-likeness (QED) is 0.751. The molecule has 2 heteroatoms. The van der Waals surface area contributed by atoms with Gasteiger partial charge in [-0.25, -0.2) is 4.98 Å². The number of H-pyrrole nitrogens is 1. The van der Waals surface area contributed by atoms with Gasteiger partial charge in [-0.15, -0.1) is 6.42 Å². The van der Waals surface area contributed by atoms with Crippen molar-refractivity contribution >= 4 is 0 Å². The van der Waals surface area contributed by atoms with Gasteiger partial charge < -0.3 is 4.98 Å². The molecule has 0 amide bonds. The van der Waals surface area contributed by atoms with E-state index in [1.54, 1.807) is 0 Å². The molecule has 0 spiro atoms. The molecule has 0 bridgehead atoms. The summed E-state index contributed by atoms with van der Waals surface area (Å²) >= 11 is 0. The molecule has 0 saturated heterocycles. The van der Waals surface area contributed by atoms with Crippen LogP contribution in [0.1, 0.15) is 56.8 Å². The topological polar surface area (TPSA) is 28.7 Å². The fourth-order valence-electron chi connectivity index (χ4n) is 2.55. The second kappa shape index (κ2) is 6.96.